The second kappa shape index (κ2) is 9.53. The van der Waals surface area contributed by atoms with Crippen LogP contribution in [0.1, 0.15) is 16.8 Å². The van der Waals surface area contributed by atoms with Crippen molar-refractivity contribution in [2.75, 3.05) is 37.6 Å². The normalized spacial score (nSPS) is 14.6. The third-order valence-electron chi connectivity index (χ3n) is 4.72. The van der Waals surface area contributed by atoms with Crippen molar-refractivity contribution in [2.24, 2.45) is 0 Å². The highest BCUT2D eigenvalue weighted by molar-refractivity contribution is 9.10. The van der Waals surface area contributed by atoms with E-state index in [0.29, 0.717) is 12.0 Å². The molecule has 0 bridgehead atoms. The molecule has 3 rings (SSSR count). The summed E-state index contributed by atoms with van der Waals surface area (Å²) >= 11 is 3.33. The lowest BCUT2D eigenvalue weighted by atomic mass is 10.2. The van der Waals surface area contributed by atoms with Crippen molar-refractivity contribution in [1.29, 1.82) is 0 Å². The highest BCUT2D eigenvalue weighted by Gasteiger charge is 2.20. The number of hydrogen-bond acceptors (Lipinski definition) is 3. The zero-order valence-electron chi connectivity index (χ0n) is 15.1. The van der Waals surface area contributed by atoms with Gasteiger partial charge in [0, 0.05) is 15.7 Å². The second-order valence-electron chi connectivity index (χ2n) is 6.58. The number of anilines is 1. The van der Waals surface area contributed by atoms with Gasteiger partial charge in [-0.05, 0) is 36.4 Å². The summed E-state index contributed by atoms with van der Waals surface area (Å²) in [6.45, 7) is 4.76. The molecule has 1 saturated heterocycles. The Bertz CT molecular complexity index is 759. The Morgan fingerprint density at radius 2 is 1.63 bits per heavy atom. The molecule has 2 aromatic rings. The number of nitrogens with one attached hydrogen (secondary N) is 3. The molecule has 0 radical (unpaired) electrons. The Balaban J connectivity index is 1.35. The molecule has 27 heavy (non-hydrogen) atoms. The van der Waals surface area contributed by atoms with Gasteiger partial charge >= 0.3 is 0 Å². The molecule has 142 valence electrons. The Kier molecular flexibility index (Phi) is 6.84. The van der Waals surface area contributed by atoms with E-state index in [1.165, 1.54) is 10.6 Å². The fourth-order valence-electron chi connectivity index (χ4n) is 3.12. The molecule has 0 aliphatic carbocycles. The zero-order chi connectivity index (χ0) is 19.1. The monoisotopic (exact) mass is 431 g/mol. The van der Waals surface area contributed by atoms with Crippen LogP contribution in [0.5, 0.6) is 0 Å². The van der Waals surface area contributed by atoms with Crippen LogP contribution in [0.2, 0.25) is 0 Å². The maximum absolute atomic E-state index is 12.0. The predicted molar refractivity (Wildman–Crippen MR) is 109 cm³/mol. The van der Waals surface area contributed by atoms with Crippen LogP contribution < -0.4 is 20.7 Å². The van der Waals surface area contributed by atoms with E-state index in [1.54, 1.807) is 24.3 Å². The Hall–Kier alpha value is -2.38. The molecule has 0 spiro atoms. The maximum atomic E-state index is 12.0. The van der Waals surface area contributed by atoms with E-state index in [2.05, 4.69) is 55.9 Å². The fourth-order valence-corrected chi connectivity index (χ4v) is 3.39. The molecule has 1 aliphatic heterocycles. The highest BCUT2D eigenvalue weighted by atomic mass is 79.9. The van der Waals surface area contributed by atoms with Crippen molar-refractivity contribution in [1.82, 2.24) is 10.9 Å². The highest BCUT2D eigenvalue weighted by Crippen LogP contribution is 2.12. The Labute approximate surface area is 167 Å². The molecular weight excluding hydrogens is 408 g/mol. The fraction of sp³-hybridized carbons (Fsp3) is 0.300. The van der Waals surface area contributed by atoms with Gasteiger partial charge in [0.2, 0.25) is 5.91 Å². The molecule has 0 saturated carbocycles. The van der Waals surface area contributed by atoms with Crippen LogP contribution in [0.3, 0.4) is 0 Å². The van der Waals surface area contributed by atoms with Gasteiger partial charge in [0.05, 0.1) is 39.1 Å². The number of quaternary nitrogens is 1. The molecule has 0 aromatic heterocycles. The van der Waals surface area contributed by atoms with Gasteiger partial charge in [-0.3, -0.25) is 20.4 Å². The van der Waals surface area contributed by atoms with Crippen LogP contribution in [0.4, 0.5) is 5.69 Å². The molecular formula is C20H24BrN4O2+. The number of hydrogen-bond donors (Lipinski definition) is 3. The number of halogens is 1. The van der Waals surface area contributed by atoms with E-state index in [4.69, 9.17) is 0 Å². The van der Waals surface area contributed by atoms with Crippen molar-refractivity contribution in [3.05, 3.63) is 64.6 Å². The summed E-state index contributed by atoms with van der Waals surface area (Å²) in [6, 6.07) is 17.4. The minimum atomic E-state index is -0.320. The SMILES string of the molecule is O=C(CC[NH+]1CCN(c2ccccc2)CC1)NNC(=O)c1ccc(Br)cc1. The first-order chi connectivity index (χ1) is 13.1. The molecule has 6 nitrogen and oxygen atoms in total. The van der Waals surface area contributed by atoms with Gasteiger partial charge in [-0.25, -0.2) is 0 Å². The van der Waals surface area contributed by atoms with Crippen LogP contribution >= 0.6 is 15.9 Å². The minimum absolute atomic E-state index is 0.168. The quantitative estimate of drug-likeness (QED) is 0.618. The van der Waals surface area contributed by atoms with Crippen LogP contribution in [-0.2, 0) is 4.79 Å². The second-order valence-corrected chi connectivity index (χ2v) is 7.50. The number of para-hydroxylation sites is 1. The van der Waals surface area contributed by atoms with Crippen molar-refractivity contribution in [3.8, 4) is 0 Å². The zero-order valence-corrected chi connectivity index (χ0v) is 16.7. The lowest BCUT2D eigenvalue weighted by Gasteiger charge is -2.33. The lowest BCUT2D eigenvalue weighted by molar-refractivity contribution is -0.900. The summed E-state index contributed by atoms with van der Waals surface area (Å²) in [5.41, 5.74) is 6.71. The molecule has 7 heteroatoms. The number of benzene rings is 2. The van der Waals surface area contributed by atoms with Gasteiger partial charge in [-0.15, -0.1) is 0 Å². The molecule has 2 aromatic carbocycles. The molecule has 0 atom stereocenters. The van der Waals surface area contributed by atoms with Gasteiger partial charge in [0.25, 0.3) is 5.91 Å². The summed E-state index contributed by atoms with van der Waals surface area (Å²) in [4.78, 5) is 27.8. The summed E-state index contributed by atoms with van der Waals surface area (Å²) in [5.74, 6) is -0.488. The van der Waals surface area contributed by atoms with E-state index in [9.17, 15) is 9.59 Å². The first kappa shape index (κ1) is 19.4. The summed E-state index contributed by atoms with van der Waals surface area (Å²) in [7, 11) is 0. The van der Waals surface area contributed by atoms with Crippen LogP contribution in [0, 0.1) is 0 Å². The molecule has 0 unspecified atom stereocenters. The van der Waals surface area contributed by atoms with Crippen molar-refractivity contribution in [3.63, 3.8) is 0 Å². The minimum Gasteiger partial charge on any atom is -0.360 e. The third kappa shape index (κ3) is 5.80. The van der Waals surface area contributed by atoms with E-state index >= 15 is 0 Å². The molecule has 3 N–H and O–H groups in total. The van der Waals surface area contributed by atoms with Gasteiger partial charge in [0.15, 0.2) is 0 Å². The Morgan fingerprint density at radius 3 is 2.30 bits per heavy atom. The summed E-state index contributed by atoms with van der Waals surface area (Å²) in [6.07, 6.45) is 0.390. The Morgan fingerprint density at radius 1 is 0.963 bits per heavy atom. The lowest BCUT2D eigenvalue weighted by Crippen LogP contribution is -3.15. The van der Waals surface area contributed by atoms with E-state index in [0.717, 1.165) is 37.2 Å². The molecule has 1 heterocycles. The van der Waals surface area contributed by atoms with Crippen molar-refractivity contribution < 1.29 is 14.5 Å². The first-order valence-electron chi connectivity index (χ1n) is 9.10. The number of piperazine rings is 1. The molecule has 1 fully saturated rings. The topological polar surface area (TPSA) is 65.9 Å². The smallest absolute Gasteiger partial charge is 0.269 e. The van der Waals surface area contributed by atoms with Gasteiger partial charge < -0.3 is 9.80 Å². The number of rotatable bonds is 5. The van der Waals surface area contributed by atoms with Crippen LogP contribution in [0.25, 0.3) is 0 Å². The number of carbonyl (C=O) groups excluding carboxylic acids is 2. The van der Waals surface area contributed by atoms with Gasteiger partial charge in [0.1, 0.15) is 0 Å². The van der Waals surface area contributed by atoms with Crippen molar-refractivity contribution >= 4 is 33.4 Å². The van der Waals surface area contributed by atoms with E-state index < -0.39 is 0 Å². The molecule has 1 aliphatic rings. The molecule has 2 amide bonds. The number of hydrazine groups is 1. The summed E-state index contributed by atoms with van der Waals surface area (Å²) < 4.78 is 0.901. The van der Waals surface area contributed by atoms with Crippen LogP contribution in [0.15, 0.2) is 59.1 Å². The van der Waals surface area contributed by atoms with Gasteiger partial charge in [-0.2, -0.15) is 0 Å². The predicted octanol–water partition coefficient (Wildman–Crippen LogP) is 1.01. The number of carbonyl (C=O) groups is 2. The first-order valence-corrected chi connectivity index (χ1v) is 9.89. The van der Waals surface area contributed by atoms with Crippen LogP contribution in [-0.4, -0.2) is 44.5 Å². The standard InChI is InChI=1S/C20H23BrN4O2/c21-17-8-6-16(7-9-17)20(27)23-22-19(26)10-11-24-12-14-25(15-13-24)18-4-2-1-3-5-18/h1-9H,10-15H2,(H,22,26)(H,23,27)/p+1. The summed E-state index contributed by atoms with van der Waals surface area (Å²) in [5, 5.41) is 0. The average Bonchev–Trinajstić information content (AvgIpc) is 2.72. The number of nitrogens with zero attached hydrogens (tertiary/aromatic N) is 1. The largest absolute Gasteiger partial charge is 0.360 e. The van der Waals surface area contributed by atoms with E-state index in [1.807, 2.05) is 6.07 Å². The van der Waals surface area contributed by atoms with E-state index in [-0.39, 0.29) is 11.8 Å². The number of amides is 2. The maximum Gasteiger partial charge on any atom is 0.269 e. The third-order valence-corrected chi connectivity index (χ3v) is 5.25. The van der Waals surface area contributed by atoms with Gasteiger partial charge in [-0.1, -0.05) is 34.1 Å². The van der Waals surface area contributed by atoms with Crippen molar-refractivity contribution in [2.45, 2.75) is 6.42 Å². The average molecular weight is 432 g/mol.